The van der Waals surface area contributed by atoms with Gasteiger partial charge in [0.1, 0.15) is 0 Å². The number of halogens is 1. The van der Waals surface area contributed by atoms with E-state index in [9.17, 15) is 0 Å². The molecular formula is C14H10ClN. The van der Waals surface area contributed by atoms with Gasteiger partial charge in [0.25, 0.3) is 0 Å². The normalized spacial score (nSPS) is 15.9. The minimum Gasteiger partial charge on any atom is -0.361 e. The molecule has 1 heterocycles. The lowest BCUT2D eigenvalue weighted by Crippen LogP contribution is -2.30. The Balaban J connectivity index is 2.43. The number of nitrogens with one attached hydrogen (secondary N) is 1. The topological polar surface area (TPSA) is 12.0 Å². The third-order valence-corrected chi connectivity index (χ3v) is 2.97. The van der Waals surface area contributed by atoms with E-state index in [1.54, 1.807) is 0 Å². The SMILES string of the molecule is ClC1=Cc2ccc3c(c2=CC=C1)=CC=CN3. The molecule has 1 aromatic rings. The standard InChI is InChI=1S/C14H10ClN/c15-11-3-1-4-12-10(9-11)6-7-14-13(12)5-2-8-16-14/h1-9,16H. The maximum atomic E-state index is 6.05. The van der Waals surface area contributed by atoms with Crippen LogP contribution in [0, 0.1) is 0 Å². The molecule has 0 aromatic heterocycles. The van der Waals surface area contributed by atoms with Gasteiger partial charge in [-0.25, -0.2) is 0 Å². The number of rotatable bonds is 0. The van der Waals surface area contributed by atoms with Gasteiger partial charge in [-0.1, -0.05) is 35.9 Å². The largest absolute Gasteiger partial charge is 0.361 e. The lowest BCUT2D eigenvalue weighted by molar-refractivity contribution is 1.43. The average molecular weight is 228 g/mol. The van der Waals surface area contributed by atoms with Crippen molar-refractivity contribution in [3.63, 3.8) is 0 Å². The van der Waals surface area contributed by atoms with Gasteiger partial charge in [-0.05, 0) is 35.1 Å². The molecule has 0 spiro atoms. The Kier molecular flexibility index (Phi) is 2.19. The Hall–Kier alpha value is -1.73. The fourth-order valence-corrected chi connectivity index (χ4v) is 2.18. The zero-order valence-corrected chi connectivity index (χ0v) is 9.33. The first-order valence-electron chi connectivity index (χ1n) is 5.17. The smallest absolute Gasteiger partial charge is 0.0459 e. The zero-order chi connectivity index (χ0) is 11.0. The van der Waals surface area contributed by atoms with Gasteiger partial charge < -0.3 is 5.32 Å². The van der Waals surface area contributed by atoms with Crippen LogP contribution in [0.5, 0.6) is 0 Å². The number of allylic oxidation sites excluding steroid dienone is 4. The van der Waals surface area contributed by atoms with E-state index in [1.165, 1.54) is 10.4 Å². The van der Waals surface area contributed by atoms with Crippen molar-refractivity contribution in [1.29, 1.82) is 0 Å². The quantitative estimate of drug-likeness (QED) is 0.718. The van der Waals surface area contributed by atoms with Crippen LogP contribution < -0.4 is 15.8 Å². The average Bonchev–Trinajstić information content (AvgIpc) is 2.50. The predicted octanol–water partition coefficient (Wildman–Crippen LogP) is 2.34. The Morgan fingerprint density at radius 3 is 2.81 bits per heavy atom. The number of hydrogen-bond acceptors (Lipinski definition) is 1. The Morgan fingerprint density at radius 2 is 1.88 bits per heavy atom. The second-order valence-corrected chi connectivity index (χ2v) is 4.19. The highest BCUT2D eigenvalue weighted by Gasteiger charge is 2.03. The molecule has 2 heteroatoms. The lowest BCUT2D eigenvalue weighted by Gasteiger charge is -2.08. The van der Waals surface area contributed by atoms with Crippen LogP contribution in [0.4, 0.5) is 5.69 Å². The molecule has 0 saturated carbocycles. The fourth-order valence-electron chi connectivity index (χ4n) is 1.99. The zero-order valence-electron chi connectivity index (χ0n) is 8.57. The van der Waals surface area contributed by atoms with E-state index in [0.717, 1.165) is 16.3 Å². The highest BCUT2D eigenvalue weighted by atomic mass is 35.5. The summed E-state index contributed by atoms with van der Waals surface area (Å²) < 4.78 is 0. The van der Waals surface area contributed by atoms with E-state index >= 15 is 0 Å². The predicted molar refractivity (Wildman–Crippen MR) is 70.4 cm³/mol. The molecule has 0 fully saturated rings. The van der Waals surface area contributed by atoms with E-state index in [0.29, 0.717) is 0 Å². The molecule has 1 aliphatic carbocycles. The first kappa shape index (κ1) is 9.49. The second-order valence-electron chi connectivity index (χ2n) is 3.75. The summed E-state index contributed by atoms with van der Waals surface area (Å²) in [6, 6.07) is 4.16. The summed E-state index contributed by atoms with van der Waals surface area (Å²) in [6.45, 7) is 0. The first-order chi connectivity index (χ1) is 7.84. The minimum atomic E-state index is 0.759. The van der Waals surface area contributed by atoms with Crippen LogP contribution in [-0.4, -0.2) is 0 Å². The molecule has 0 atom stereocenters. The molecule has 0 bridgehead atoms. The van der Waals surface area contributed by atoms with E-state index in [4.69, 9.17) is 11.6 Å². The molecule has 3 rings (SSSR count). The van der Waals surface area contributed by atoms with Crippen molar-refractivity contribution < 1.29 is 0 Å². The summed E-state index contributed by atoms with van der Waals surface area (Å²) in [5.41, 5.74) is 2.29. The first-order valence-corrected chi connectivity index (χ1v) is 5.54. The van der Waals surface area contributed by atoms with Crippen molar-refractivity contribution in [2.75, 3.05) is 5.32 Å². The molecule has 0 saturated heterocycles. The lowest BCUT2D eigenvalue weighted by atomic mass is 10.1. The molecule has 0 unspecified atom stereocenters. The second kappa shape index (κ2) is 3.69. The van der Waals surface area contributed by atoms with Crippen LogP contribution in [0.25, 0.3) is 18.2 Å². The van der Waals surface area contributed by atoms with Gasteiger partial charge in [0.15, 0.2) is 0 Å². The highest BCUT2D eigenvalue weighted by Crippen LogP contribution is 2.12. The van der Waals surface area contributed by atoms with Crippen LogP contribution in [0.2, 0.25) is 0 Å². The summed E-state index contributed by atoms with van der Waals surface area (Å²) in [5, 5.41) is 6.42. The molecule has 1 N–H and O–H groups in total. The van der Waals surface area contributed by atoms with Crippen LogP contribution in [0.15, 0.2) is 41.6 Å². The number of fused-ring (bicyclic) bond motifs is 3. The third-order valence-electron chi connectivity index (χ3n) is 2.73. The molecule has 1 aromatic carbocycles. The molecule has 16 heavy (non-hydrogen) atoms. The van der Waals surface area contributed by atoms with Crippen molar-refractivity contribution in [3.8, 4) is 0 Å². The maximum Gasteiger partial charge on any atom is 0.0459 e. The molecular weight excluding hydrogens is 218 g/mol. The molecule has 1 aliphatic heterocycles. The summed E-state index contributed by atoms with van der Waals surface area (Å²) in [5.74, 6) is 0. The van der Waals surface area contributed by atoms with Gasteiger partial charge in [-0.3, -0.25) is 0 Å². The molecule has 0 amide bonds. The van der Waals surface area contributed by atoms with Crippen LogP contribution in [0.1, 0.15) is 5.56 Å². The Bertz CT molecular complexity index is 648. The summed E-state index contributed by atoms with van der Waals surface area (Å²) in [4.78, 5) is 0. The van der Waals surface area contributed by atoms with Crippen molar-refractivity contribution in [1.82, 2.24) is 0 Å². The van der Waals surface area contributed by atoms with E-state index in [-0.39, 0.29) is 0 Å². The minimum absolute atomic E-state index is 0.759. The summed E-state index contributed by atoms with van der Waals surface area (Å²) in [6.07, 6.45) is 14.0. The van der Waals surface area contributed by atoms with Crippen LogP contribution in [-0.2, 0) is 0 Å². The van der Waals surface area contributed by atoms with Crippen LogP contribution >= 0.6 is 11.6 Å². The van der Waals surface area contributed by atoms with Crippen molar-refractivity contribution >= 4 is 35.5 Å². The Labute approximate surface area is 98.7 Å². The van der Waals surface area contributed by atoms with Gasteiger partial charge in [-0.15, -0.1) is 0 Å². The van der Waals surface area contributed by atoms with Gasteiger partial charge in [0.2, 0.25) is 0 Å². The highest BCUT2D eigenvalue weighted by molar-refractivity contribution is 6.33. The van der Waals surface area contributed by atoms with Crippen molar-refractivity contribution in [3.05, 3.63) is 57.6 Å². The van der Waals surface area contributed by atoms with E-state index in [2.05, 4.69) is 29.6 Å². The molecule has 2 aliphatic rings. The van der Waals surface area contributed by atoms with Gasteiger partial charge >= 0.3 is 0 Å². The molecule has 1 nitrogen and oxygen atoms in total. The third kappa shape index (κ3) is 1.50. The number of hydrogen-bond donors (Lipinski definition) is 1. The maximum absolute atomic E-state index is 6.05. The van der Waals surface area contributed by atoms with Crippen molar-refractivity contribution in [2.45, 2.75) is 0 Å². The number of benzene rings is 1. The van der Waals surface area contributed by atoms with Gasteiger partial charge in [0.05, 0.1) is 0 Å². The summed E-state index contributed by atoms with van der Waals surface area (Å²) >= 11 is 6.05. The van der Waals surface area contributed by atoms with Gasteiger partial charge in [0, 0.05) is 22.1 Å². The summed E-state index contributed by atoms with van der Waals surface area (Å²) in [7, 11) is 0. The van der Waals surface area contributed by atoms with Crippen LogP contribution in [0.3, 0.4) is 0 Å². The number of anilines is 1. The van der Waals surface area contributed by atoms with Crippen molar-refractivity contribution in [2.24, 2.45) is 0 Å². The monoisotopic (exact) mass is 227 g/mol. The van der Waals surface area contributed by atoms with E-state index < -0.39 is 0 Å². The fraction of sp³-hybridized carbons (Fsp3) is 0. The van der Waals surface area contributed by atoms with E-state index in [1.807, 2.05) is 30.5 Å². The molecule has 0 radical (unpaired) electrons. The van der Waals surface area contributed by atoms with Gasteiger partial charge in [-0.2, -0.15) is 0 Å². The Morgan fingerprint density at radius 1 is 1.00 bits per heavy atom. The molecule has 78 valence electrons.